The lowest BCUT2D eigenvalue weighted by Crippen LogP contribution is -1.74. The summed E-state index contributed by atoms with van der Waals surface area (Å²) in [5.41, 5.74) is 3.94. The Balaban J connectivity index is 0.000000671. The lowest BCUT2D eigenvalue weighted by Gasteiger charge is -1.95. The number of hydrogen-bond donors (Lipinski definition) is 0. The van der Waals surface area contributed by atoms with E-state index in [-0.39, 0.29) is 0 Å². The molecule has 0 aromatic heterocycles. The van der Waals surface area contributed by atoms with Crippen LogP contribution in [0.3, 0.4) is 0 Å². The SMILES string of the molecule is CC.CC(C)=Cc1ccc(C)cc1. The third-order valence-corrected chi connectivity index (χ3v) is 1.53. The van der Waals surface area contributed by atoms with Gasteiger partial charge in [-0.05, 0) is 26.3 Å². The average Bonchev–Trinajstić information content (AvgIpc) is 2.12. The van der Waals surface area contributed by atoms with Gasteiger partial charge >= 0.3 is 0 Å². The van der Waals surface area contributed by atoms with Crippen molar-refractivity contribution in [2.24, 2.45) is 0 Å². The van der Waals surface area contributed by atoms with Gasteiger partial charge in [0.2, 0.25) is 0 Å². The van der Waals surface area contributed by atoms with Gasteiger partial charge in [0.15, 0.2) is 0 Å². The zero-order chi connectivity index (χ0) is 10.3. The van der Waals surface area contributed by atoms with Crippen LogP contribution in [0.2, 0.25) is 0 Å². The molecule has 1 aromatic rings. The molecule has 0 amide bonds. The van der Waals surface area contributed by atoms with Gasteiger partial charge in [0.1, 0.15) is 0 Å². The number of aryl methyl sites for hydroxylation is 1. The van der Waals surface area contributed by atoms with Crippen molar-refractivity contribution in [3.05, 3.63) is 41.0 Å². The number of benzene rings is 1. The fourth-order valence-electron chi connectivity index (χ4n) is 0.996. The van der Waals surface area contributed by atoms with Crippen LogP contribution >= 0.6 is 0 Å². The second-order valence-corrected chi connectivity index (χ2v) is 3.13. The summed E-state index contributed by atoms with van der Waals surface area (Å²) in [6.07, 6.45) is 2.18. The first kappa shape index (κ1) is 12.0. The quantitative estimate of drug-likeness (QED) is 0.593. The highest BCUT2D eigenvalue weighted by Gasteiger charge is 1.86. The lowest BCUT2D eigenvalue weighted by atomic mass is 10.1. The molecule has 0 atom stereocenters. The van der Waals surface area contributed by atoms with Crippen LogP contribution in [-0.4, -0.2) is 0 Å². The predicted octanol–water partition coefficient (Wildman–Crippen LogP) is 4.44. The molecule has 72 valence electrons. The van der Waals surface area contributed by atoms with Crippen molar-refractivity contribution >= 4 is 6.08 Å². The smallest absolute Gasteiger partial charge is 0.0257 e. The molecule has 0 saturated heterocycles. The van der Waals surface area contributed by atoms with Gasteiger partial charge in [-0.15, -0.1) is 0 Å². The highest BCUT2D eigenvalue weighted by Crippen LogP contribution is 2.07. The third kappa shape index (κ3) is 5.24. The average molecular weight is 176 g/mol. The summed E-state index contributed by atoms with van der Waals surface area (Å²) in [7, 11) is 0. The molecule has 0 heteroatoms. The van der Waals surface area contributed by atoms with E-state index in [1.54, 1.807) is 0 Å². The first-order valence-corrected chi connectivity index (χ1v) is 4.90. The van der Waals surface area contributed by atoms with Crippen LogP contribution in [0.4, 0.5) is 0 Å². The van der Waals surface area contributed by atoms with Gasteiger partial charge in [-0.1, -0.05) is 55.3 Å². The summed E-state index contributed by atoms with van der Waals surface area (Å²) in [6.45, 7) is 10.3. The molecule has 0 spiro atoms. The van der Waals surface area contributed by atoms with Crippen LogP contribution < -0.4 is 0 Å². The van der Waals surface area contributed by atoms with Crippen molar-refractivity contribution in [3.8, 4) is 0 Å². The number of allylic oxidation sites excluding steroid dienone is 1. The molecule has 1 rings (SSSR count). The van der Waals surface area contributed by atoms with Gasteiger partial charge in [0.05, 0.1) is 0 Å². The van der Waals surface area contributed by atoms with E-state index in [4.69, 9.17) is 0 Å². The Morgan fingerprint density at radius 1 is 1.00 bits per heavy atom. The largest absolute Gasteiger partial charge is 0.0758 e. The molecule has 0 aliphatic carbocycles. The van der Waals surface area contributed by atoms with E-state index in [2.05, 4.69) is 51.1 Å². The molecule has 0 bridgehead atoms. The third-order valence-electron chi connectivity index (χ3n) is 1.53. The summed E-state index contributed by atoms with van der Waals surface area (Å²) in [5.74, 6) is 0. The normalized spacial score (nSPS) is 8.38. The van der Waals surface area contributed by atoms with Crippen molar-refractivity contribution in [1.29, 1.82) is 0 Å². The first-order valence-electron chi connectivity index (χ1n) is 4.90. The lowest BCUT2D eigenvalue weighted by molar-refractivity contribution is 1.41. The molecule has 13 heavy (non-hydrogen) atoms. The first-order chi connectivity index (χ1) is 6.18. The second-order valence-electron chi connectivity index (χ2n) is 3.13. The molecule has 0 aliphatic rings. The molecule has 0 unspecified atom stereocenters. The number of hydrogen-bond acceptors (Lipinski definition) is 0. The molecule has 0 saturated carbocycles. The van der Waals surface area contributed by atoms with Gasteiger partial charge in [-0.2, -0.15) is 0 Å². The van der Waals surface area contributed by atoms with Crippen molar-refractivity contribution in [2.45, 2.75) is 34.6 Å². The van der Waals surface area contributed by atoms with Gasteiger partial charge in [0.25, 0.3) is 0 Å². The van der Waals surface area contributed by atoms with Crippen molar-refractivity contribution in [1.82, 2.24) is 0 Å². The van der Waals surface area contributed by atoms with Crippen molar-refractivity contribution < 1.29 is 0 Å². The Hall–Kier alpha value is -1.04. The van der Waals surface area contributed by atoms with Gasteiger partial charge in [-0.3, -0.25) is 0 Å². The fraction of sp³-hybridized carbons (Fsp3) is 0.385. The summed E-state index contributed by atoms with van der Waals surface area (Å²) >= 11 is 0. The van der Waals surface area contributed by atoms with E-state index in [0.717, 1.165) is 0 Å². The van der Waals surface area contributed by atoms with E-state index < -0.39 is 0 Å². The highest BCUT2D eigenvalue weighted by molar-refractivity contribution is 5.52. The Morgan fingerprint density at radius 2 is 1.46 bits per heavy atom. The maximum Gasteiger partial charge on any atom is -0.0257 e. The molecule has 0 radical (unpaired) electrons. The molecular formula is C13H20. The van der Waals surface area contributed by atoms with Crippen LogP contribution in [0.15, 0.2) is 29.8 Å². The fourth-order valence-corrected chi connectivity index (χ4v) is 0.996. The summed E-state index contributed by atoms with van der Waals surface area (Å²) in [6, 6.07) is 8.55. The molecule has 0 nitrogen and oxygen atoms in total. The molecule has 0 aliphatic heterocycles. The Morgan fingerprint density at radius 3 is 1.85 bits per heavy atom. The summed E-state index contributed by atoms with van der Waals surface area (Å²) in [4.78, 5) is 0. The van der Waals surface area contributed by atoms with Crippen LogP contribution in [0.1, 0.15) is 38.8 Å². The number of rotatable bonds is 1. The zero-order valence-electron chi connectivity index (χ0n) is 9.39. The molecule has 0 fully saturated rings. The van der Waals surface area contributed by atoms with E-state index >= 15 is 0 Å². The second kappa shape index (κ2) is 6.47. The zero-order valence-corrected chi connectivity index (χ0v) is 9.39. The van der Waals surface area contributed by atoms with E-state index in [1.165, 1.54) is 16.7 Å². The van der Waals surface area contributed by atoms with E-state index in [9.17, 15) is 0 Å². The molecule has 1 aromatic carbocycles. The molecular weight excluding hydrogens is 156 g/mol. The van der Waals surface area contributed by atoms with Gasteiger partial charge in [-0.25, -0.2) is 0 Å². The standard InChI is InChI=1S/C11H14.C2H6/c1-9(2)8-11-6-4-10(3)5-7-11;1-2/h4-8H,1-3H3;1-2H3. The molecule has 0 N–H and O–H groups in total. The Bertz CT molecular complexity index is 248. The molecule has 0 heterocycles. The maximum atomic E-state index is 2.18. The van der Waals surface area contributed by atoms with E-state index in [0.29, 0.717) is 0 Å². The van der Waals surface area contributed by atoms with Crippen LogP contribution in [0.25, 0.3) is 6.08 Å². The monoisotopic (exact) mass is 176 g/mol. The van der Waals surface area contributed by atoms with Gasteiger partial charge in [0, 0.05) is 0 Å². The van der Waals surface area contributed by atoms with E-state index in [1.807, 2.05) is 13.8 Å². The van der Waals surface area contributed by atoms with Crippen LogP contribution in [0, 0.1) is 6.92 Å². The minimum absolute atomic E-state index is 1.29. The van der Waals surface area contributed by atoms with Crippen molar-refractivity contribution in [2.75, 3.05) is 0 Å². The minimum Gasteiger partial charge on any atom is -0.0758 e. The highest BCUT2D eigenvalue weighted by atomic mass is 13.9. The predicted molar refractivity (Wildman–Crippen MR) is 61.9 cm³/mol. The summed E-state index contributed by atoms with van der Waals surface area (Å²) in [5, 5.41) is 0. The minimum atomic E-state index is 1.29. The Kier molecular flexibility index (Phi) is 5.96. The van der Waals surface area contributed by atoms with Crippen molar-refractivity contribution in [3.63, 3.8) is 0 Å². The Labute approximate surface area is 82.3 Å². The maximum absolute atomic E-state index is 2.18. The topological polar surface area (TPSA) is 0 Å². The summed E-state index contributed by atoms with van der Waals surface area (Å²) < 4.78 is 0. The van der Waals surface area contributed by atoms with Crippen LogP contribution in [-0.2, 0) is 0 Å². The van der Waals surface area contributed by atoms with Gasteiger partial charge < -0.3 is 0 Å². The van der Waals surface area contributed by atoms with Crippen LogP contribution in [0.5, 0.6) is 0 Å².